The molecule has 1 aliphatic carbocycles. The zero-order valence-electron chi connectivity index (χ0n) is 24.5. The van der Waals surface area contributed by atoms with E-state index in [-0.39, 0.29) is 23.6 Å². The highest BCUT2D eigenvalue weighted by Gasteiger charge is 2.21. The molecule has 0 aromatic heterocycles. The van der Waals surface area contributed by atoms with Gasteiger partial charge < -0.3 is 15.7 Å². The summed E-state index contributed by atoms with van der Waals surface area (Å²) >= 11 is 0. The van der Waals surface area contributed by atoms with Gasteiger partial charge in [-0.15, -0.1) is 0 Å². The van der Waals surface area contributed by atoms with E-state index in [0.717, 1.165) is 16.8 Å². The molecular formula is C34H40FN3O4. The van der Waals surface area contributed by atoms with E-state index in [4.69, 9.17) is 5.11 Å². The average Bonchev–Trinajstić information content (AvgIpc) is 2.99. The van der Waals surface area contributed by atoms with Gasteiger partial charge >= 0.3 is 12.0 Å². The lowest BCUT2D eigenvalue weighted by atomic mass is 9.84. The van der Waals surface area contributed by atoms with Crippen molar-refractivity contribution >= 4 is 29.3 Å². The van der Waals surface area contributed by atoms with Gasteiger partial charge in [-0.05, 0) is 77.3 Å². The standard InChI is InChI=1S/C34H40FN3O4/c1-34(2,3)27-10-7-11-28(20-27)37-33(42)38(29-18-16-25(17-19-29)24-8-5-4-6-9-24)22-23-12-14-26(15-13-23)31(39)36-21-30(35)32(40)41/h7,10-20,24,30H,4-6,8-9,21-22H2,1-3H3,(H,36,39)(H,37,42)(H,40,41). The molecule has 1 fully saturated rings. The highest BCUT2D eigenvalue weighted by Crippen LogP contribution is 2.34. The molecule has 0 bridgehead atoms. The van der Waals surface area contributed by atoms with Crippen LogP contribution in [0, 0.1) is 0 Å². The summed E-state index contributed by atoms with van der Waals surface area (Å²) in [6.07, 6.45) is 3.99. The van der Waals surface area contributed by atoms with Gasteiger partial charge in [0.1, 0.15) is 0 Å². The Hall–Kier alpha value is -4.20. The van der Waals surface area contributed by atoms with Crippen LogP contribution in [0.5, 0.6) is 0 Å². The minimum Gasteiger partial charge on any atom is -0.479 e. The highest BCUT2D eigenvalue weighted by atomic mass is 19.1. The van der Waals surface area contributed by atoms with Crippen LogP contribution >= 0.6 is 0 Å². The van der Waals surface area contributed by atoms with E-state index < -0.39 is 24.6 Å². The van der Waals surface area contributed by atoms with Crippen LogP contribution in [0.4, 0.5) is 20.6 Å². The SMILES string of the molecule is CC(C)(C)c1cccc(NC(=O)N(Cc2ccc(C(=O)NCC(F)C(=O)O)cc2)c2ccc(C3CCCCC3)cc2)c1. The first-order chi connectivity index (χ1) is 20.0. The second kappa shape index (κ2) is 13.6. The molecule has 42 heavy (non-hydrogen) atoms. The van der Waals surface area contributed by atoms with Gasteiger partial charge in [-0.2, -0.15) is 0 Å². The number of carboxylic acid groups (broad SMARTS) is 1. The third-order valence-corrected chi connectivity index (χ3v) is 7.77. The summed E-state index contributed by atoms with van der Waals surface area (Å²) in [5, 5.41) is 14.0. The molecule has 3 N–H and O–H groups in total. The van der Waals surface area contributed by atoms with Crippen molar-refractivity contribution in [3.05, 3.63) is 95.1 Å². The van der Waals surface area contributed by atoms with E-state index >= 15 is 0 Å². The zero-order valence-corrected chi connectivity index (χ0v) is 24.5. The Morgan fingerprint density at radius 2 is 1.62 bits per heavy atom. The van der Waals surface area contributed by atoms with Crippen LogP contribution in [0.15, 0.2) is 72.8 Å². The van der Waals surface area contributed by atoms with Crippen LogP contribution in [0.25, 0.3) is 0 Å². The molecule has 222 valence electrons. The predicted molar refractivity (Wildman–Crippen MR) is 164 cm³/mol. The number of nitrogens with zero attached hydrogens (tertiary/aromatic N) is 1. The second-order valence-corrected chi connectivity index (χ2v) is 12.0. The highest BCUT2D eigenvalue weighted by molar-refractivity contribution is 6.01. The number of anilines is 2. The Morgan fingerprint density at radius 1 is 0.952 bits per heavy atom. The molecule has 0 spiro atoms. The first-order valence-electron chi connectivity index (χ1n) is 14.5. The van der Waals surface area contributed by atoms with Crippen molar-refractivity contribution in [2.75, 3.05) is 16.8 Å². The van der Waals surface area contributed by atoms with Crippen molar-refractivity contribution in [2.24, 2.45) is 0 Å². The molecule has 0 radical (unpaired) electrons. The van der Waals surface area contributed by atoms with Crippen LogP contribution < -0.4 is 15.5 Å². The molecule has 0 aliphatic heterocycles. The van der Waals surface area contributed by atoms with Gasteiger partial charge in [0.25, 0.3) is 5.91 Å². The normalized spacial score (nSPS) is 14.6. The summed E-state index contributed by atoms with van der Waals surface area (Å²) in [4.78, 5) is 38.4. The number of alkyl halides is 1. The number of hydrogen-bond donors (Lipinski definition) is 3. The molecule has 8 heteroatoms. The summed E-state index contributed by atoms with van der Waals surface area (Å²) < 4.78 is 13.4. The summed E-state index contributed by atoms with van der Waals surface area (Å²) in [5.41, 5.74) is 4.85. The number of amides is 3. The third-order valence-electron chi connectivity index (χ3n) is 7.77. The number of carboxylic acids is 1. The zero-order chi connectivity index (χ0) is 30.3. The van der Waals surface area contributed by atoms with Crippen LogP contribution in [0.1, 0.15) is 85.8 Å². The van der Waals surface area contributed by atoms with Crippen molar-refractivity contribution in [1.82, 2.24) is 5.32 Å². The maximum Gasteiger partial charge on any atom is 0.340 e. The fraction of sp³-hybridized carbons (Fsp3) is 0.382. The maximum absolute atomic E-state index is 13.7. The number of benzene rings is 3. The molecule has 0 heterocycles. The maximum atomic E-state index is 13.7. The molecule has 0 saturated heterocycles. The molecule has 1 atom stereocenters. The third kappa shape index (κ3) is 8.18. The van der Waals surface area contributed by atoms with Crippen molar-refractivity contribution in [3.63, 3.8) is 0 Å². The Kier molecular flexibility index (Phi) is 9.99. The number of carbonyl (C=O) groups is 3. The van der Waals surface area contributed by atoms with Gasteiger partial charge in [-0.1, -0.05) is 76.4 Å². The quantitative estimate of drug-likeness (QED) is 0.248. The van der Waals surface area contributed by atoms with Gasteiger partial charge in [0, 0.05) is 16.9 Å². The molecule has 3 amide bonds. The Morgan fingerprint density at radius 3 is 2.24 bits per heavy atom. The van der Waals surface area contributed by atoms with Crippen LogP contribution in [-0.2, 0) is 16.8 Å². The number of carbonyl (C=O) groups excluding carboxylic acids is 2. The van der Waals surface area contributed by atoms with Gasteiger partial charge in [0.2, 0.25) is 6.17 Å². The lowest BCUT2D eigenvalue weighted by molar-refractivity contribution is -0.142. The second-order valence-electron chi connectivity index (χ2n) is 12.0. The van der Waals surface area contributed by atoms with Gasteiger partial charge in [0.15, 0.2) is 0 Å². The Balaban J connectivity index is 1.54. The summed E-state index contributed by atoms with van der Waals surface area (Å²) in [5.74, 6) is -1.64. The van der Waals surface area contributed by atoms with Crippen LogP contribution in [0.3, 0.4) is 0 Å². The average molecular weight is 574 g/mol. The predicted octanol–water partition coefficient (Wildman–Crippen LogP) is 7.42. The molecule has 3 aromatic rings. The fourth-order valence-electron chi connectivity index (χ4n) is 5.21. The van der Waals surface area contributed by atoms with E-state index in [1.54, 1.807) is 29.2 Å². The van der Waals surface area contributed by atoms with Gasteiger partial charge in [-0.25, -0.2) is 14.0 Å². The van der Waals surface area contributed by atoms with Gasteiger partial charge in [0.05, 0.1) is 13.1 Å². The first-order valence-corrected chi connectivity index (χ1v) is 14.5. The van der Waals surface area contributed by atoms with Crippen molar-refractivity contribution in [1.29, 1.82) is 0 Å². The van der Waals surface area contributed by atoms with Crippen LogP contribution in [-0.4, -0.2) is 35.7 Å². The minimum absolute atomic E-state index is 0.0673. The lowest BCUT2D eigenvalue weighted by Gasteiger charge is -2.26. The molecular weight excluding hydrogens is 533 g/mol. The lowest BCUT2D eigenvalue weighted by Crippen LogP contribution is -2.35. The minimum atomic E-state index is -2.17. The van der Waals surface area contributed by atoms with E-state index in [0.29, 0.717) is 11.6 Å². The Bertz CT molecular complexity index is 1380. The number of hydrogen-bond acceptors (Lipinski definition) is 3. The van der Waals surface area contributed by atoms with Crippen molar-refractivity contribution in [3.8, 4) is 0 Å². The van der Waals surface area contributed by atoms with Crippen molar-refractivity contribution in [2.45, 2.75) is 76.9 Å². The number of rotatable bonds is 9. The summed E-state index contributed by atoms with van der Waals surface area (Å²) in [6, 6.07) is 22.4. The largest absolute Gasteiger partial charge is 0.479 e. The molecule has 3 aromatic carbocycles. The summed E-state index contributed by atoms with van der Waals surface area (Å²) in [7, 11) is 0. The molecule has 1 saturated carbocycles. The van der Waals surface area contributed by atoms with E-state index in [9.17, 15) is 18.8 Å². The molecule has 4 rings (SSSR count). The Labute approximate surface area is 247 Å². The molecule has 1 unspecified atom stereocenters. The molecule has 7 nitrogen and oxygen atoms in total. The van der Waals surface area contributed by atoms with Gasteiger partial charge in [-0.3, -0.25) is 9.69 Å². The van der Waals surface area contributed by atoms with Crippen LogP contribution in [0.2, 0.25) is 0 Å². The molecule has 1 aliphatic rings. The number of nitrogens with one attached hydrogen (secondary N) is 2. The van der Waals surface area contributed by atoms with Crippen molar-refractivity contribution < 1.29 is 23.9 Å². The van der Waals surface area contributed by atoms with E-state index in [1.165, 1.54) is 37.7 Å². The number of urea groups is 1. The van der Waals surface area contributed by atoms with E-state index in [1.807, 2.05) is 36.4 Å². The smallest absolute Gasteiger partial charge is 0.340 e. The topological polar surface area (TPSA) is 98.7 Å². The number of halogens is 1. The fourth-order valence-corrected chi connectivity index (χ4v) is 5.21. The monoisotopic (exact) mass is 573 g/mol. The first kappa shape index (κ1) is 30.8. The number of aliphatic carboxylic acids is 1. The summed E-state index contributed by atoms with van der Waals surface area (Å²) in [6.45, 7) is 6.01. The van der Waals surface area contributed by atoms with E-state index in [2.05, 4.69) is 43.5 Å².